The van der Waals surface area contributed by atoms with Crippen LogP contribution < -0.4 is 13.6 Å². The molecule has 2 saturated carbocycles. The molecule has 3 aliphatic rings. The van der Waals surface area contributed by atoms with Gasteiger partial charge in [0.05, 0.1) is 0 Å². The monoisotopic (exact) mass is 694 g/mol. The van der Waals surface area contributed by atoms with Crippen molar-refractivity contribution in [3.8, 4) is 39.5 Å². The fraction of sp³-hybridized carbons (Fsp3) is 0.362. The molecule has 0 spiro atoms. The van der Waals surface area contributed by atoms with Gasteiger partial charge >= 0.3 is 8.60 Å². The van der Waals surface area contributed by atoms with Crippen LogP contribution in [0.25, 0.3) is 22.3 Å². The standard InChI is InChI=1S/C47H51O3P/c1-33-28-37-32-38-29-34(2)31-42(47(4)26-15-8-16-27-47)44(38)49-51(48-43(37)41(30-33)46(3)24-13-7-14-25-46)50-45-39(35-18-9-5-10-19-35)22-17-23-40(45)36-20-11-6-12-21-36/h5-6,9-12,17-23,28-31H,7-8,13-16,24-27,32H2,1-4H3. The largest absolute Gasteiger partial charge is 0.530 e. The minimum absolute atomic E-state index is 0.0435. The second-order valence-corrected chi connectivity index (χ2v) is 16.9. The van der Waals surface area contributed by atoms with E-state index in [4.69, 9.17) is 13.6 Å². The summed E-state index contributed by atoms with van der Waals surface area (Å²) in [5.74, 6) is 2.72. The van der Waals surface area contributed by atoms with Crippen LogP contribution >= 0.6 is 8.60 Å². The van der Waals surface area contributed by atoms with Crippen LogP contribution in [0.5, 0.6) is 17.2 Å². The second-order valence-electron chi connectivity index (χ2n) is 15.9. The molecule has 0 amide bonds. The Hall–Kier alpha value is -4.07. The van der Waals surface area contributed by atoms with E-state index in [0.717, 1.165) is 45.9 Å². The van der Waals surface area contributed by atoms with Crippen molar-refractivity contribution in [3.05, 3.63) is 137 Å². The van der Waals surface area contributed by atoms with Gasteiger partial charge in [-0.1, -0.05) is 167 Å². The molecule has 2 aliphatic carbocycles. The minimum atomic E-state index is -1.92. The fourth-order valence-electron chi connectivity index (χ4n) is 9.08. The molecule has 0 radical (unpaired) electrons. The van der Waals surface area contributed by atoms with Gasteiger partial charge in [-0.05, 0) is 72.6 Å². The number of hydrogen-bond donors (Lipinski definition) is 0. The highest BCUT2D eigenvalue weighted by Gasteiger charge is 2.39. The van der Waals surface area contributed by atoms with E-state index in [1.54, 1.807) is 0 Å². The van der Waals surface area contributed by atoms with Gasteiger partial charge in [-0.2, -0.15) is 0 Å². The van der Waals surface area contributed by atoms with Crippen molar-refractivity contribution >= 4 is 8.60 Å². The van der Waals surface area contributed by atoms with Gasteiger partial charge in [0, 0.05) is 28.7 Å². The highest BCUT2D eigenvalue weighted by atomic mass is 31.2. The first-order chi connectivity index (χ1) is 24.8. The van der Waals surface area contributed by atoms with Gasteiger partial charge in [0.15, 0.2) is 0 Å². The lowest BCUT2D eigenvalue weighted by molar-refractivity contribution is 0.301. The first-order valence-corrected chi connectivity index (χ1v) is 20.3. The van der Waals surface area contributed by atoms with E-state index in [0.29, 0.717) is 0 Å². The molecule has 262 valence electrons. The zero-order valence-corrected chi connectivity index (χ0v) is 31.7. The van der Waals surface area contributed by atoms with E-state index in [1.165, 1.54) is 97.6 Å². The number of hydrogen-bond acceptors (Lipinski definition) is 3. The summed E-state index contributed by atoms with van der Waals surface area (Å²) in [4.78, 5) is 0. The first-order valence-electron chi connectivity index (χ1n) is 19.2. The van der Waals surface area contributed by atoms with E-state index >= 15 is 0 Å². The average Bonchev–Trinajstić information content (AvgIpc) is 3.14. The third-order valence-corrected chi connectivity index (χ3v) is 12.9. The Morgan fingerprint density at radius 3 is 1.39 bits per heavy atom. The molecule has 5 aromatic carbocycles. The highest BCUT2D eigenvalue weighted by molar-refractivity contribution is 7.43. The molecule has 5 aromatic rings. The smallest absolute Gasteiger partial charge is 0.408 e. The third-order valence-electron chi connectivity index (χ3n) is 11.9. The van der Waals surface area contributed by atoms with Crippen molar-refractivity contribution in [2.75, 3.05) is 0 Å². The van der Waals surface area contributed by atoms with Gasteiger partial charge in [0.1, 0.15) is 17.2 Å². The number of fused-ring (bicyclic) bond motifs is 2. The zero-order chi connectivity index (χ0) is 35.0. The number of rotatable bonds is 6. The van der Waals surface area contributed by atoms with Gasteiger partial charge in [-0.25, -0.2) is 0 Å². The van der Waals surface area contributed by atoms with E-state index in [1.807, 2.05) is 0 Å². The number of benzene rings is 5. The van der Waals surface area contributed by atoms with Crippen LogP contribution in [0.2, 0.25) is 0 Å². The van der Waals surface area contributed by atoms with Crippen LogP contribution in [-0.4, -0.2) is 0 Å². The summed E-state index contributed by atoms with van der Waals surface area (Å²) in [5.41, 5.74) is 12.0. The van der Waals surface area contributed by atoms with Crippen molar-refractivity contribution in [1.82, 2.24) is 0 Å². The van der Waals surface area contributed by atoms with Crippen LogP contribution in [0.1, 0.15) is 111 Å². The SMILES string of the molecule is Cc1cc2c(c(C3(C)CCCCC3)c1)OP(Oc1c(-c3ccccc3)cccc1-c1ccccc1)Oc1c(cc(C)cc1C1(C)CCCCC1)C2. The van der Waals surface area contributed by atoms with Crippen LogP contribution in [0, 0.1) is 13.8 Å². The Kier molecular flexibility index (Phi) is 9.45. The van der Waals surface area contributed by atoms with Crippen molar-refractivity contribution < 1.29 is 13.6 Å². The van der Waals surface area contributed by atoms with Gasteiger partial charge < -0.3 is 13.6 Å². The molecule has 0 atom stereocenters. The molecule has 1 aliphatic heterocycles. The second kappa shape index (κ2) is 14.2. The Morgan fingerprint density at radius 2 is 0.961 bits per heavy atom. The summed E-state index contributed by atoms with van der Waals surface area (Å²) in [5, 5.41) is 0. The molecule has 0 aromatic heterocycles. The van der Waals surface area contributed by atoms with Gasteiger partial charge in [0.2, 0.25) is 0 Å². The molecule has 4 heteroatoms. The number of para-hydroxylation sites is 1. The maximum absolute atomic E-state index is 7.31. The molecule has 3 nitrogen and oxygen atoms in total. The highest BCUT2D eigenvalue weighted by Crippen LogP contribution is 2.56. The number of aryl methyl sites for hydroxylation is 2. The summed E-state index contributed by atoms with van der Waals surface area (Å²) in [6.45, 7) is 9.40. The summed E-state index contributed by atoms with van der Waals surface area (Å²) < 4.78 is 21.9. The van der Waals surface area contributed by atoms with Crippen LogP contribution in [0.3, 0.4) is 0 Å². The molecule has 0 bridgehead atoms. The molecule has 2 fully saturated rings. The molecule has 1 heterocycles. The normalized spacial score (nSPS) is 18.3. The molecule has 0 saturated heterocycles. The first kappa shape index (κ1) is 34.0. The van der Waals surface area contributed by atoms with Gasteiger partial charge in [-0.15, -0.1) is 0 Å². The lowest BCUT2D eigenvalue weighted by Crippen LogP contribution is -2.28. The van der Waals surface area contributed by atoms with Crippen LogP contribution in [-0.2, 0) is 17.3 Å². The van der Waals surface area contributed by atoms with E-state index in [-0.39, 0.29) is 10.8 Å². The predicted molar refractivity (Wildman–Crippen MR) is 212 cm³/mol. The van der Waals surface area contributed by atoms with Crippen molar-refractivity contribution in [1.29, 1.82) is 0 Å². The van der Waals surface area contributed by atoms with Crippen LogP contribution in [0.15, 0.2) is 103 Å². The molecular formula is C47H51O3P. The Bertz CT molecular complexity index is 1870. The predicted octanol–water partition coefficient (Wildman–Crippen LogP) is 13.7. The van der Waals surface area contributed by atoms with Crippen molar-refractivity contribution in [2.45, 2.75) is 109 Å². The third kappa shape index (κ3) is 6.83. The maximum Gasteiger partial charge on any atom is 0.530 e. The molecular weight excluding hydrogens is 643 g/mol. The van der Waals surface area contributed by atoms with E-state index < -0.39 is 8.60 Å². The van der Waals surface area contributed by atoms with Gasteiger partial charge in [-0.3, -0.25) is 0 Å². The van der Waals surface area contributed by atoms with E-state index in [2.05, 4.69) is 131 Å². The van der Waals surface area contributed by atoms with E-state index in [9.17, 15) is 0 Å². The Morgan fingerprint density at radius 1 is 0.529 bits per heavy atom. The minimum Gasteiger partial charge on any atom is -0.408 e. The summed E-state index contributed by atoms with van der Waals surface area (Å²) in [7, 11) is -1.92. The molecule has 51 heavy (non-hydrogen) atoms. The maximum atomic E-state index is 7.31. The van der Waals surface area contributed by atoms with Gasteiger partial charge in [0.25, 0.3) is 0 Å². The zero-order valence-electron chi connectivity index (χ0n) is 30.8. The molecule has 0 unspecified atom stereocenters. The topological polar surface area (TPSA) is 27.7 Å². The average molecular weight is 695 g/mol. The van der Waals surface area contributed by atoms with Crippen molar-refractivity contribution in [3.63, 3.8) is 0 Å². The molecule has 0 N–H and O–H groups in total. The molecule has 8 rings (SSSR count). The Labute approximate surface area is 306 Å². The van der Waals surface area contributed by atoms with Crippen molar-refractivity contribution in [2.24, 2.45) is 0 Å². The van der Waals surface area contributed by atoms with Crippen LogP contribution in [0.4, 0.5) is 0 Å². The summed E-state index contributed by atoms with van der Waals surface area (Å²) >= 11 is 0. The fourth-order valence-corrected chi connectivity index (χ4v) is 10.3. The lowest BCUT2D eigenvalue weighted by Gasteiger charge is -2.39. The summed E-state index contributed by atoms with van der Waals surface area (Å²) in [6.07, 6.45) is 13.0. The lowest BCUT2D eigenvalue weighted by atomic mass is 9.69. The quantitative estimate of drug-likeness (QED) is 0.166. The summed E-state index contributed by atoms with van der Waals surface area (Å²) in [6, 6.07) is 37.1. The Balaban J connectivity index is 1.34.